The molecule has 9 nitrogen and oxygen atoms in total. The fourth-order valence-electron chi connectivity index (χ4n) is 3.46. The van der Waals surface area contributed by atoms with Crippen LogP contribution in [-0.4, -0.2) is 75.5 Å². The standard InChI is InChI=1S/C20H25F3N6O3S/c1-2-3-16-25-26-19(33)29(16)13-18(31)28-10-8-27(9-11-28)12-17(30)24-14-4-6-15(7-5-14)32-20(21,22)23/h4-7H,2-3,8-13H2,1H3,(H,24,30)(H,26,33). The topological polar surface area (TPSA) is 95.5 Å². The highest BCUT2D eigenvalue weighted by Gasteiger charge is 2.31. The summed E-state index contributed by atoms with van der Waals surface area (Å²) in [6.07, 6.45) is -3.15. The third-order valence-corrected chi connectivity index (χ3v) is 5.38. The van der Waals surface area contributed by atoms with Crippen LogP contribution in [0.5, 0.6) is 5.75 Å². The summed E-state index contributed by atoms with van der Waals surface area (Å²) >= 11 is 5.22. The molecule has 0 bridgehead atoms. The van der Waals surface area contributed by atoms with E-state index in [2.05, 4.69) is 20.3 Å². The normalized spacial score (nSPS) is 14.8. The van der Waals surface area contributed by atoms with Crippen molar-refractivity contribution in [3.8, 4) is 5.75 Å². The number of piperazine rings is 1. The average molecular weight is 487 g/mol. The van der Waals surface area contributed by atoms with E-state index < -0.39 is 6.36 Å². The molecule has 1 aliphatic heterocycles. The number of alkyl halides is 3. The highest BCUT2D eigenvalue weighted by atomic mass is 32.1. The first-order valence-corrected chi connectivity index (χ1v) is 10.9. The number of aromatic nitrogens is 3. The Morgan fingerprint density at radius 2 is 1.82 bits per heavy atom. The molecule has 2 aromatic rings. The lowest BCUT2D eigenvalue weighted by Gasteiger charge is -2.34. The molecule has 3 rings (SSSR count). The van der Waals surface area contributed by atoms with Crippen LogP contribution in [0.25, 0.3) is 0 Å². The van der Waals surface area contributed by atoms with E-state index in [9.17, 15) is 22.8 Å². The minimum atomic E-state index is -4.77. The van der Waals surface area contributed by atoms with Crippen molar-refractivity contribution in [3.63, 3.8) is 0 Å². The number of benzene rings is 1. The van der Waals surface area contributed by atoms with Crippen LogP contribution in [0.2, 0.25) is 0 Å². The second-order valence-electron chi connectivity index (χ2n) is 7.56. The second kappa shape index (κ2) is 10.8. The molecular formula is C20H25F3N6O3S. The highest BCUT2D eigenvalue weighted by Crippen LogP contribution is 2.24. The van der Waals surface area contributed by atoms with Crippen molar-refractivity contribution in [1.82, 2.24) is 24.6 Å². The number of anilines is 1. The summed E-state index contributed by atoms with van der Waals surface area (Å²) in [5.41, 5.74) is 0.364. The number of H-pyrrole nitrogens is 1. The first kappa shape index (κ1) is 24.7. The van der Waals surface area contributed by atoms with Crippen LogP contribution in [-0.2, 0) is 22.6 Å². The lowest BCUT2D eigenvalue weighted by molar-refractivity contribution is -0.274. The van der Waals surface area contributed by atoms with E-state index in [1.807, 2.05) is 11.8 Å². The van der Waals surface area contributed by atoms with Crippen molar-refractivity contribution < 1.29 is 27.5 Å². The van der Waals surface area contributed by atoms with E-state index in [0.29, 0.717) is 36.6 Å². The number of rotatable bonds is 8. The molecule has 0 atom stereocenters. The lowest BCUT2D eigenvalue weighted by atomic mass is 10.2. The van der Waals surface area contributed by atoms with Crippen LogP contribution in [0.3, 0.4) is 0 Å². The van der Waals surface area contributed by atoms with Crippen molar-refractivity contribution in [2.24, 2.45) is 0 Å². The Morgan fingerprint density at radius 3 is 2.42 bits per heavy atom. The summed E-state index contributed by atoms with van der Waals surface area (Å²) < 4.78 is 42.6. The monoisotopic (exact) mass is 486 g/mol. The molecule has 13 heteroatoms. The molecule has 1 aromatic heterocycles. The molecule has 2 N–H and O–H groups in total. The van der Waals surface area contributed by atoms with Gasteiger partial charge < -0.3 is 15.0 Å². The number of ether oxygens (including phenoxy) is 1. The Labute approximate surface area is 193 Å². The van der Waals surface area contributed by atoms with Gasteiger partial charge in [-0.1, -0.05) is 6.92 Å². The fraction of sp³-hybridized carbons (Fsp3) is 0.500. The number of nitrogens with one attached hydrogen (secondary N) is 2. The van der Waals surface area contributed by atoms with E-state index >= 15 is 0 Å². The van der Waals surface area contributed by atoms with Crippen molar-refractivity contribution in [1.29, 1.82) is 0 Å². The number of halogens is 3. The second-order valence-corrected chi connectivity index (χ2v) is 7.95. The van der Waals surface area contributed by atoms with Gasteiger partial charge in [0.2, 0.25) is 11.8 Å². The van der Waals surface area contributed by atoms with E-state index in [1.165, 1.54) is 12.1 Å². The Bertz CT molecular complexity index is 1010. The quantitative estimate of drug-likeness (QED) is 0.557. The molecule has 0 spiro atoms. The van der Waals surface area contributed by atoms with E-state index in [0.717, 1.165) is 30.8 Å². The molecule has 33 heavy (non-hydrogen) atoms. The largest absolute Gasteiger partial charge is 0.573 e. The Kier molecular flexibility index (Phi) is 8.08. The molecule has 0 aliphatic carbocycles. The smallest absolute Gasteiger partial charge is 0.406 e. The zero-order valence-corrected chi connectivity index (χ0v) is 18.8. The van der Waals surface area contributed by atoms with Gasteiger partial charge >= 0.3 is 6.36 Å². The van der Waals surface area contributed by atoms with Gasteiger partial charge in [0, 0.05) is 38.3 Å². The number of aromatic amines is 1. The molecule has 0 unspecified atom stereocenters. The predicted octanol–water partition coefficient (Wildman–Crippen LogP) is 2.57. The number of hydrogen-bond donors (Lipinski definition) is 2. The lowest BCUT2D eigenvalue weighted by Crippen LogP contribution is -2.51. The number of carbonyl (C=O) groups excluding carboxylic acids is 2. The molecule has 1 fully saturated rings. The van der Waals surface area contributed by atoms with Crippen LogP contribution in [0, 0.1) is 4.77 Å². The van der Waals surface area contributed by atoms with Gasteiger partial charge in [-0.15, -0.1) is 13.2 Å². The maximum absolute atomic E-state index is 12.7. The zero-order valence-electron chi connectivity index (χ0n) is 18.0. The van der Waals surface area contributed by atoms with Crippen LogP contribution in [0.4, 0.5) is 18.9 Å². The summed E-state index contributed by atoms with van der Waals surface area (Å²) in [4.78, 5) is 28.6. The van der Waals surface area contributed by atoms with Crippen molar-refractivity contribution in [2.45, 2.75) is 32.7 Å². The number of nitrogens with zero attached hydrogens (tertiary/aromatic N) is 4. The summed E-state index contributed by atoms with van der Waals surface area (Å²) in [5, 5.41) is 9.54. The Morgan fingerprint density at radius 1 is 1.15 bits per heavy atom. The van der Waals surface area contributed by atoms with Gasteiger partial charge in [0.15, 0.2) is 4.77 Å². The van der Waals surface area contributed by atoms with Crippen LogP contribution in [0.15, 0.2) is 24.3 Å². The predicted molar refractivity (Wildman–Crippen MR) is 116 cm³/mol. The molecule has 2 heterocycles. The molecule has 1 aromatic carbocycles. The van der Waals surface area contributed by atoms with Crippen LogP contribution in [0.1, 0.15) is 19.2 Å². The number of aryl methyl sites for hydroxylation is 1. The van der Waals surface area contributed by atoms with Gasteiger partial charge in [-0.25, -0.2) is 0 Å². The molecule has 1 saturated heterocycles. The van der Waals surface area contributed by atoms with E-state index in [-0.39, 0.29) is 30.7 Å². The minimum absolute atomic E-state index is 0.0601. The Balaban J connectivity index is 1.44. The summed E-state index contributed by atoms with van der Waals surface area (Å²) in [5.74, 6) is 0.0345. The number of amides is 2. The third-order valence-electron chi connectivity index (χ3n) is 5.07. The Hall–Kier alpha value is -2.93. The molecule has 2 amide bonds. The van der Waals surface area contributed by atoms with Gasteiger partial charge in [0.1, 0.15) is 18.1 Å². The number of carbonyl (C=O) groups is 2. The molecule has 0 radical (unpaired) electrons. The first-order chi connectivity index (χ1) is 15.6. The minimum Gasteiger partial charge on any atom is -0.406 e. The maximum atomic E-state index is 12.7. The first-order valence-electron chi connectivity index (χ1n) is 10.4. The van der Waals surface area contributed by atoms with Crippen LogP contribution >= 0.6 is 12.2 Å². The maximum Gasteiger partial charge on any atom is 0.573 e. The summed E-state index contributed by atoms with van der Waals surface area (Å²) in [6.45, 7) is 4.26. The van der Waals surface area contributed by atoms with Gasteiger partial charge in [-0.05, 0) is 42.9 Å². The van der Waals surface area contributed by atoms with Crippen molar-refractivity contribution in [3.05, 3.63) is 34.9 Å². The van der Waals surface area contributed by atoms with E-state index in [1.54, 1.807) is 9.47 Å². The van der Waals surface area contributed by atoms with Gasteiger partial charge in [-0.3, -0.25) is 24.2 Å². The van der Waals surface area contributed by atoms with Gasteiger partial charge in [0.05, 0.1) is 6.54 Å². The molecule has 0 saturated carbocycles. The molecule has 1 aliphatic rings. The van der Waals surface area contributed by atoms with Crippen LogP contribution < -0.4 is 10.1 Å². The average Bonchev–Trinajstić information content (AvgIpc) is 3.08. The fourth-order valence-corrected chi connectivity index (χ4v) is 3.68. The highest BCUT2D eigenvalue weighted by molar-refractivity contribution is 7.71. The van der Waals surface area contributed by atoms with E-state index in [4.69, 9.17) is 12.2 Å². The van der Waals surface area contributed by atoms with Crippen molar-refractivity contribution >= 4 is 29.7 Å². The number of hydrogen-bond acceptors (Lipinski definition) is 6. The molecular weight excluding hydrogens is 461 g/mol. The zero-order chi connectivity index (χ0) is 24.0. The summed E-state index contributed by atoms with van der Waals surface area (Å²) in [7, 11) is 0. The third kappa shape index (κ3) is 7.29. The SMILES string of the molecule is CCCc1n[nH]c(=S)n1CC(=O)N1CCN(CC(=O)Nc2ccc(OC(F)(F)F)cc2)CC1. The van der Waals surface area contributed by atoms with Crippen molar-refractivity contribution in [2.75, 3.05) is 38.0 Å². The summed E-state index contributed by atoms with van der Waals surface area (Å²) in [6, 6.07) is 4.93. The van der Waals surface area contributed by atoms with Gasteiger partial charge in [-0.2, -0.15) is 5.10 Å². The molecule has 180 valence electrons. The van der Waals surface area contributed by atoms with Gasteiger partial charge in [0.25, 0.3) is 0 Å².